The average Bonchev–Trinajstić information content (AvgIpc) is 3.12. The summed E-state index contributed by atoms with van der Waals surface area (Å²) in [5.41, 5.74) is -0.252. The molecule has 2 N–H and O–H groups in total. The summed E-state index contributed by atoms with van der Waals surface area (Å²) in [6, 6.07) is 9.33. The molecule has 1 aliphatic heterocycles. The lowest BCUT2D eigenvalue weighted by Crippen LogP contribution is -2.41. The molecule has 6 nitrogen and oxygen atoms in total. The lowest BCUT2D eigenvalue weighted by atomic mass is 9.92. The second kappa shape index (κ2) is 5.55. The first-order valence-electron chi connectivity index (χ1n) is 6.98. The number of carbonyl (C=O) groups is 3. The van der Waals surface area contributed by atoms with Gasteiger partial charge in [0.05, 0.1) is 12.2 Å². The molecule has 2 heterocycles. The summed E-state index contributed by atoms with van der Waals surface area (Å²) in [4.78, 5) is 40.6. The molecule has 3 rings (SSSR count). The van der Waals surface area contributed by atoms with Crippen LogP contribution in [0.1, 0.15) is 23.0 Å². The number of amides is 3. The zero-order valence-electron chi connectivity index (χ0n) is 12.3. The maximum Gasteiger partial charge on any atom is 0.325 e. The van der Waals surface area contributed by atoms with Crippen molar-refractivity contribution >= 4 is 29.3 Å². The Bertz CT molecular complexity index is 770. The topological polar surface area (TPSA) is 82.3 Å². The molecule has 0 saturated carbocycles. The molecule has 1 fully saturated rings. The Morgan fingerprint density at radius 1 is 1.22 bits per heavy atom. The van der Waals surface area contributed by atoms with Gasteiger partial charge in [0.15, 0.2) is 5.78 Å². The van der Waals surface area contributed by atoms with Crippen LogP contribution in [0.3, 0.4) is 0 Å². The highest BCUT2D eigenvalue weighted by molar-refractivity contribution is 6.30. The van der Waals surface area contributed by atoms with E-state index in [1.165, 1.54) is 0 Å². The quantitative estimate of drug-likeness (QED) is 0.666. The Hall–Kier alpha value is -2.60. The number of urea groups is 1. The van der Waals surface area contributed by atoms with Crippen LogP contribution in [0.25, 0.3) is 0 Å². The first-order chi connectivity index (χ1) is 10.9. The first-order valence-corrected chi connectivity index (χ1v) is 7.36. The third-order valence-electron chi connectivity index (χ3n) is 3.90. The van der Waals surface area contributed by atoms with Crippen molar-refractivity contribution in [3.8, 4) is 0 Å². The van der Waals surface area contributed by atoms with Gasteiger partial charge in [-0.05, 0) is 36.8 Å². The highest BCUT2D eigenvalue weighted by Crippen LogP contribution is 2.29. The van der Waals surface area contributed by atoms with Crippen molar-refractivity contribution < 1.29 is 14.4 Å². The number of halogens is 1. The fourth-order valence-electron chi connectivity index (χ4n) is 2.55. The summed E-state index contributed by atoms with van der Waals surface area (Å²) < 4.78 is 0. The van der Waals surface area contributed by atoms with Crippen LogP contribution in [0.5, 0.6) is 0 Å². The maximum atomic E-state index is 12.7. The number of imide groups is 1. The molecule has 1 aliphatic rings. The molecule has 0 spiro atoms. The molecule has 1 atom stereocenters. The van der Waals surface area contributed by atoms with Crippen molar-refractivity contribution in [3.63, 3.8) is 0 Å². The highest BCUT2D eigenvalue weighted by atomic mass is 35.5. The molecule has 0 radical (unpaired) electrons. The number of aromatic nitrogens is 1. The summed E-state index contributed by atoms with van der Waals surface area (Å²) in [6.07, 6.45) is 1.61. The van der Waals surface area contributed by atoms with E-state index < -0.39 is 17.5 Å². The van der Waals surface area contributed by atoms with E-state index in [1.807, 2.05) is 0 Å². The number of rotatable bonds is 4. The van der Waals surface area contributed by atoms with Crippen LogP contribution in [-0.4, -0.2) is 34.2 Å². The smallest absolute Gasteiger partial charge is 0.325 e. The first kappa shape index (κ1) is 15.3. The molecule has 0 aliphatic carbocycles. The normalized spacial score (nSPS) is 20.7. The fourth-order valence-corrected chi connectivity index (χ4v) is 2.68. The Morgan fingerprint density at radius 3 is 2.52 bits per heavy atom. The van der Waals surface area contributed by atoms with Gasteiger partial charge in [0.2, 0.25) is 0 Å². The lowest BCUT2D eigenvalue weighted by Gasteiger charge is -2.22. The van der Waals surface area contributed by atoms with Crippen LogP contribution < -0.4 is 5.32 Å². The number of H-pyrrole nitrogens is 1. The number of benzene rings is 1. The lowest BCUT2D eigenvalue weighted by molar-refractivity contribution is -0.130. The van der Waals surface area contributed by atoms with Crippen molar-refractivity contribution in [1.82, 2.24) is 15.2 Å². The molecular weight excluding hydrogens is 318 g/mol. The SMILES string of the molecule is CC1(c2ccc(Cl)cc2)NC(=O)N(CC(=O)c2ccc[nH]2)C1=O. The van der Waals surface area contributed by atoms with Gasteiger partial charge in [-0.15, -0.1) is 0 Å². The molecule has 3 amide bonds. The maximum absolute atomic E-state index is 12.7. The number of hydrogen-bond donors (Lipinski definition) is 2. The number of nitrogens with zero attached hydrogens (tertiary/aromatic N) is 1. The van der Waals surface area contributed by atoms with Crippen LogP contribution in [0.15, 0.2) is 42.6 Å². The van der Waals surface area contributed by atoms with E-state index in [0.29, 0.717) is 16.3 Å². The van der Waals surface area contributed by atoms with Gasteiger partial charge in [-0.25, -0.2) is 4.79 Å². The van der Waals surface area contributed by atoms with Gasteiger partial charge in [0.25, 0.3) is 5.91 Å². The number of Topliss-reactive ketones (excluding diaryl/α,β-unsaturated/α-hetero) is 1. The number of aromatic amines is 1. The molecule has 0 bridgehead atoms. The van der Waals surface area contributed by atoms with Gasteiger partial charge < -0.3 is 10.3 Å². The number of ketones is 1. The number of hydrogen-bond acceptors (Lipinski definition) is 3. The predicted octanol–water partition coefficient (Wildman–Crippen LogP) is 2.32. The van der Waals surface area contributed by atoms with Gasteiger partial charge in [-0.2, -0.15) is 0 Å². The molecule has 2 aromatic rings. The summed E-state index contributed by atoms with van der Waals surface area (Å²) in [6.45, 7) is 1.30. The van der Waals surface area contributed by atoms with E-state index >= 15 is 0 Å². The minimum absolute atomic E-state index is 0.311. The third kappa shape index (κ3) is 2.61. The number of carbonyl (C=O) groups excluding carboxylic acids is 3. The van der Waals surface area contributed by atoms with E-state index in [-0.39, 0.29) is 12.3 Å². The van der Waals surface area contributed by atoms with Crippen molar-refractivity contribution in [2.45, 2.75) is 12.5 Å². The van der Waals surface area contributed by atoms with Crippen LogP contribution in [0.2, 0.25) is 5.02 Å². The molecule has 1 aromatic carbocycles. The molecule has 1 aromatic heterocycles. The molecule has 118 valence electrons. The summed E-state index contributed by atoms with van der Waals surface area (Å²) >= 11 is 5.85. The number of nitrogens with one attached hydrogen (secondary N) is 2. The molecule has 23 heavy (non-hydrogen) atoms. The Balaban J connectivity index is 1.85. The van der Waals surface area contributed by atoms with Gasteiger partial charge >= 0.3 is 6.03 Å². The predicted molar refractivity (Wildman–Crippen MR) is 84.2 cm³/mol. The minimum atomic E-state index is -1.21. The van der Waals surface area contributed by atoms with Crippen molar-refractivity contribution in [2.24, 2.45) is 0 Å². The Kier molecular flexibility index (Phi) is 3.69. The van der Waals surface area contributed by atoms with Crippen molar-refractivity contribution in [3.05, 3.63) is 58.9 Å². The highest BCUT2D eigenvalue weighted by Gasteiger charge is 2.49. The standard InChI is InChI=1S/C16H14ClN3O3/c1-16(10-4-6-11(17)7-5-10)14(22)20(15(23)19-16)9-13(21)12-3-2-8-18-12/h2-8,18H,9H2,1H3,(H,19,23). The second-order valence-electron chi connectivity index (χ2n) is 5.46. The van der Waals surface area contributed by atoms with E-state index in [0.717, 1.165) is 4.90 Å². The zero-order valence-corrected chi connectivity index (χ0v) is 13.1. The molecule has 1 unspecified atom stereocenters. The summed E-state index contributed by atoms with van der Waals surface area (Å²) in [7, 11) is 0. The van der Waals surface area contributed by atoms with Crippen LogP contribution in [0.4, 0.5) is 4.79 Å². The second-order valence-corrected chi connectivity index (χ2v) is 5.90. The summed E-state index contributed by atoms with van der Waals surface area (Å²) in [5, 5.41) is 3.18. The van der Waals surface area contributed by atoms with Crippen molar-refractivity contribution in [2.75, 3.05) is 6.54 Å². The van der Waals surface area contributed by atoms with Gasteiger partial charge in [0.1, 0.15) is 5.54 Å². The van der Waals surface area contributed by atoms with E-state index in [4.69, 9.17) is 11.6 Å². The molecule has 1 saturated heterocycles. The van der Waals surface area contributed by atoms with Gasteiger partial charge in [-0.1, -0.05) is 23.7 Å². The molecule has 7 heteroatoms. The zero-order chi connectivity index (χ0) is 16.6. The van der Waals surface area contributed by atoms with Crippen LogP contribution in [-0.2, 0) is 10.3 Å². The van der Waals surface area contributed by atoms with Gasteiger partial charge in [0, 0.05) is 11.2 Å². The van der Waals surface area contributed by atoms with Crippen LogP contribution >= 0.6 is 11.6 Å². The minimum Gasteiger partial charge on any atom is -0.359 e. The summed E-state index contributed by atoms with van der Waals surface area (Å²) in [5.74, 6) is -0.802. The van der Waals surface area contributed by atoms with Gasteiger partial charge in [-0.3, -0.25) is 14.5 Å². The molecular formula is C16H14ClN3O3. The van der Waals surface area contributed by atoms with E-state index in [2.05, 4.69) is 10.3 Å². The Labute approximate surface area is 137 Å². The average molecular weight is 332 g/mol. The van der Waals surface area contributed by atoms with E-state index in [9.17, 15) is 14.4 Å². The van der Waals surface area contributed by atoms with E-state index in [1.54, 1.807) is 49.5 Å². The van der Waals surface area contributed by atoms with Crippen LogP contribution in [0, 0.1) is 0 Å². The largest absolute Gasteiger partial charge is 0.359 e. The third-order valence-corrected chi connectivity index (χ3v) is 4.15. The van der Waals surface area contributed by atoms with Crippen molar-refractivity contribution in [1.29, 1.82) is 0 Å². The monoisotopic (exact) mass is 331 g/mol. The Morgan fingerprint density at radius 2 is 1.91 bits per heavy atom. The fraction of sp³-hybridized carbons (Fsp3) is 0.188.